The molecule has 0 aromatic heterocycles. The summed E-state index contributed by atoms with van der Waals surface area (Å²) in [4.78, 5) is 2.60. The highest BCUT2D eigenvalue weighted by atomic mass is 16.3. The van der Waals surface area contributed by atoms with Crippen LogP contribution in [0.4, 0.5) is 0 Å². The minimum Gasteiger partial charge on any atom is -0.508 e. The van der Waals surface area contributed by atoms with Crippen molar-refractivity contribution in [3.8, 4) is 5.75 Å². The van der Waals surface area contributed by atoms with Gasteiger partial charge in [-0.25, -0.2) is 0 Å². The van der Waals surface area contributed by atoms with Gasteiger partial charge in [-0.3, -0.25) is 4.90 Å². The van der Waals surface area contributed by atoms with Crippen LogP contribution in [0.2, 0.25) is 0 Å². The highest BCUT2D eigenvalue weighted by Crippen LogP contribution is 2.42. The van der Waals surface area contributed by atoms with E-state index >= 15 is 0 Å². The summed E-state index contributed by atoms with van der Waals surface area (Å²) in [6.45, 7) is 4.80. The molecule has 1 unspecified atom stereocenters. The Morgan fingerprint density at radius 1 is 1.14 bits per heavy atom. The van der Waals surface area contributed by atoms with E-state index in [1.807, 2.05) is 12.1 Å². The van der Waals surface area contributed by atoms with Crippen LogP contribution >= 0.6 is 0 Å². The van der Waals surface area contributed by atoms with Crippen LogP contribution in [0.25, 0.3) is 0 Å². The minimum atomic E-state index is 0.493. The van der Waals surface area contributed by atoms with Crippen molar-refractivity contribution < 1.29 is 5.11 Å². The largest absolute Gasteiger partial charge is 0.508 e. The van der Waals surface area contributed by atoms with Gasteiger partial charge in [0.25, 0.3) is 0 Å². The van der Waals surface area contributed by atoms with Gasteiger partial charge in [-0.15, -0.1) is 0 Å². The summed E-state index contributed by atoms with van der Waals surface area (Å²) >= 11 is 0. The predicted molar refractivity (Wildman–Crippen MR) is 87.6 cm³/mol. The van der Waals surface area contributed by atoms with Gasteiger partial charge in [0.05, 0.1) is 0 Å². The predicted octanol–water partition coefficient (Wildman–Crippen LogP) is 4.67. The Hall–Kier alpha value is -1.02. The summed E-state index contributed by atoms with van der Waals surface area (Å²) in [7, 11) is 2.30. The third-order valence-electron chi connectivity index (χ3n) is 5.83. The lowest BCUT2D eigenvalue weighted by Gasteiger charge is -2.43. The number of aromatic hydroxyl groups is 1. The molecule has 21 heavy (non-hydrogen) atoms. The maximum atomic E-state index is 10.1. The molecule has 3 rings (SSSR count). The molecule has 1 atom stereocenters. The van der Waals surface area contributed by atoms with Gasteiger partial charge in [0.15, 0.2) is 0 Å². The van der Waals surface area contributed by atoms with E-state index in [0.29, 0.717) is 23.2 Å². The molecule has 0 saturated heterocycles. The van der Waals surface area contributed by atoms with E-state index in [0.717, 1.165) is 6.42 Å². The summed E-state index contributed by atoms with van der Waals surface area (Å²) in [5, 5.41) is 10.1. The monoisotopic (exact) mass is 287 g/mol. The Labute approximate surface area is 129 Å². The summed E-state index contributed by atoms with van der Waals surface area (Å²) in [6.07, 6.45) is 8.75. The molecular formula is C19H29NO. The van der Waals surface area contributed by atoms with E-state index in [4.69, 9.17) is 0 Å². The normalized spacial score (nSPS) is 25.8. The highest BCUT2D eigenvalue weighted by molar-refractivity contribution is 5.42. The van der Waals surface area contributed by atoms with Gasteiger partial charge in [0.1, 0.15) is 5.75 Å². The lowest BCUT2D eigenvalue weighted by Crippen LogP contribution is -2.40. The average Bonchev–Trinajstić information content (AvgIpc) is 2.46. The third-order valence-corrected chi connectivity index (χ3v) is 5.83. The van der Waals surface area contributed by atoms with Crippen LogP contribution in [-0.4, -0.2) is 23.1 Å². The zero-order chi connectivity index (χ0) is 15.0. The fourth-order valence-corrected chi connectivity index (χ4v) is 4.27. The number of fused-ring (bicyclic) bond motifs is 1. The smallest absolute Gasteiger partial charge is 0.119 e. The van der Waals surface area contributed by atoms with Crippen molar-refractivity contribution in [3.63, 3.8) is 0 Å². The molecule has 1 N–H and O–H groups in total. The molecule has 0 aliphatic heterocycles. The maximum absolute atomic E-state index is 10.1. The van der Waals surface area contributed by atoms with Gasteiger partial charge in [-0.2, -0.15) is 0 Å². The molecule has 0 spiro atoms. The van der Waals surface area contributed by atoms with Crippen molar-refractivity contribution in [2.45, 2.75) is 70.9 Å². The van der Waals surface area contributed by atoms with Crippen molar-refractivity contribution in [2.24, 2.45) is 5.41 Å². The molecule has 0 bridgehead atoms. The van der Waals surface area contributed by atoms with Gasteiger partial charge in [0.2, 0.25) is 0 Å². The van der Waals surface area contributed by atoms with E-state index < -0.39 is 0 Å². The first kappa shape index (κ1) is 14.9. The average molecular weight is 287 g/mol. The number of phenols is 1. The lowest BCUT2D eigenvalue weighted by molar-refractivity contribution is 0.0867. The first-order valence-electron chi connectivity index (χ1n) is 8.51. The molecule has 116 valence electrons. The molecule has 1 aromatic rings. The molecule has 2 nitrogen and oxygen atoms in total. The second-order valence-corrected chi connectivity index (χ2v) is 7.81. The van der Waals surface area contributed by atoms with Crippen molar-refractivity contribution in [3.05, 3.63) is 29.3 Å². The second kappa shape index (κ2) is 5.64. The van der Waals surface area contributed by atoms with Gasteiger partial charge in [-0.1, -0.05) is 26.0 Å². The van der Waals surface area contributed by atoms with E-state index in [1.165, 1.54) is 49.7 Å². The molecule has 2 aliphatic rings. The number of hydrogen-bond acceptors (Lipinski definition) is 2. The lowest BCUT2D eigenvalue weighted by atomic mass is 9.74. The van der Waals surface area contributed by atoms with E-state index in [2.05, 4.69) is 31.9 Å². The Morgan fingerprint density at radius 3 is 2.57 bits per heavy atom. The summed E-state index contributed by atoms with van der Waals surface area (Å²) in [5.74, 6) is 0.496. The molecule has 2 heteroatoms. The number of phenolic OH excluding ortho intramolecular Hbond substituents is 1. The fraction of sp³-hybridized carbons (Fsp3) is 0.684. The third kappa shape index (κ3) is 2.96. The van der Waals surface area contributed by atoms with Crippen LogP contribution in [0.1, 0.15) is 69.5 Å². The van der Waals surface area contributed by atoms with Crippen molar-refractivity contribution in [1.29, 1.82) is 0 Å². The topological polar surface area (TPSA) is 23.5 Å². The van der Waals surface area contributed by atoms with Gasteiger partial charge < -0.3 is 5.11 Å². The molecule has 0 heterocycles. The summed E-state index contributed by atoms with van der Waals surface area (Å²) in [5.41, 5.74) is 3.09. The van der Waals surface area contributed by atoms with Crippen molar-refractivity contribution in [1.82, 2.24) is 4.90 Å². The zero-order valence-electron chi connectivity index (χ0n) is 13.7. The molecule has 0 amide bonds. The Bertz CT molecular complexity index is 498. The molecular weight excluding hydrogens is 258 g/mol. The highest BCUT2D eigenvalue weighted by Gasteiger charge is 2.33. The molecule has 1 saturated carbocycles. The van der Waals surface area contributed by atoms with Crippen molar-refractivity contribution in [2.75, 3.05) is 7.05 Å². The van der Waals surface area contributed by atoms with E-state index in [9.17, 15) is 5.11 Å². The zero-order valence-corrected chi connectivity index (χ0v) is 13.7. The van der Waals surface area contributed by atoms with Crippen LogP contribution in [0.5, 0.6) is 5.75 Å². The van der Waals surface area contributed by atoms with E-state index in [-0.39, 0.29) is 0 Å². The number of benzene rings is 1. The number of rotatable bonds is 2. The van der Waals surface area contributed by atoms with Crippen LogP contribution in [0, 0.1) is 5.41 Å². The second-order valence-electron chi connectivity index (χ2n) is 7.81. The van der Waals surface area contributed by atoms with Crippen LogP contribution < -0.4 is 0 Å². The van der Waals surface area contributed by atoms with Gasteiger partial charge >= 0.3 is 0 Å². The summed E-state index contributed by atoms with van der Waals surface area (Å²) < 4.78 is 0. The SMILES string of the molecule is CN(C1CCC(C)(C)CC1)C1CCCc2c(O)cccc21. The number of nitrogens with zero attached hydrogens (tertiary/aromatic N) is 1. The first-order valence-corrected chi connectivity index (χ1v) is 8.51. The molecule has 1 aromatic carbocycles. The molecule has 2 aliphatic carbocycles. The van der Waals surface area contributed by atoms with Crippen LogP contribution in [-0.2, 0) is 6.42 Å². The Morgan fingerprint density at radius 2 is 1.86 bits per heavy atom. The standard InChI is InChI=1S/C19H29NO/c1-19(2)12-10-14(11-13-19)20(3)17-8-4-7-16-15(17)6-5-9-18(16)21/h5-6,9,14,17,21H,4,7-8,10-13H2,1-3H3. The molecule has 1 fully saturated rings. The maximum Gasteiger partial charge on any atom is 0.119 e. The quantitative estimate of drug-likeness (QED) is 0.854. The molecule has 0 radical (unpaired) electrons. The fourth-order valence-electron chi connectivity index (χ4n) is 4.27. The van der Waals surface area contributed by atoms with Crippen LogP contribution in [0.15, 0.2) is 18.2 Å². The Kier molecular flexibility index (Phi) is 4.00. The van der Waals surface area contributed by atoms with Gasteiger partial charge in [-0.05, 0) is 74.6 Å². The van der Waals surface area contributed by atoms with Gasteiger partial charge in [0, 0.05) is 12.1 Å². The number of hydrogen-bond donors (Lipinski definition) is 1. The Balaban J connectivity index is 1.78. The first-order chi connectivity index (χ1) is 9.98. The minimum absolute atomic E-state index is 0.493. The van der Waals surface area contributed by atoms with Crippen LogP contribution in [0.3, 0.4) is 0 Å². The van der Waals surface area contributed by atoms with E-state index in [1.54, 1.807) is 0 Å². The van der Waals surface area contributed by atoms with Crippen molar-refractivity contribution >= 4 is 0 Å². The summed E-state index contributed by atoms with van der Waals surface area (Å²) in [6, 6.07) is 7.26.